The maximum Gasteiger partial charge on any atom is 0.336 e. The molecule has 0 radical (unpaired) electrons. The molecule has 1 saturated heterocycles. The topological polar surface area (TPSA) is 63.7 Å². The fourth-order valence-electron chi connectivity index (χ4n) is 2.63. The summed E-state index contributed by atoms with van der Waals surface area (Å²) in [5, 5.41) is 0.623. The Kier molecular flexibility index (Phi) is 3.26. The maximum atomic E-state index is 11.9. The molecule has 2 fully saturated rings. The standard InChI is InChI=1S/C15H15NO4/c17-13-6-7-14(18)16(13)20-15(19)12-8-11(9-12)10-4-2-1-3-5-10/h1-5,11-12H,6-9H2. The first-order valence-electron chi connectivity index (χ1n) is 6.77. The van der Waals surface area contributed by atoms with E-state index in [1.54, 1.807) is 0 Å². The number of hydrogen-bond donors (Lipinski definition) is 0. The molecule has 0 bridgehead atoms. The number of benzene rings is 1. The average Bonchev–Trinajstić information content (AvgIpc) is 2.70. The van der Waals surface area contributed by atoms with E-state index in [4.69, 9.17) is 4.84 Å². The summed E-state index contributed by atoms with van der Waals surface area (Å²) in [6.45, 7) is 0. The molecule has 0 spiro atoms. The third kappa shape index (κ3) is 2.31. The largest absolute Gasteiger partial charge is 0.336 e. The summed E-state index contributed by atoms with van der Waals surface area (Å²) in [6, 6.07) is 9.99. The Hall–Kier alpha value is -2.17. The second-order valence-corrected chi connectivity index (χ2v) is 5.27. The fourth-order valence-corrected chi connectivity index (χ4v) is 2.63. The second-order valence-electron chi connectivity index (χ2n) is 5.27. The highest BCUT2D eigenvalue weighted by molar-refractivity contribution is 6.01. The van der Waals surface area contributed by atoms with Gasteiger partial charge in [0, 0.05) is 12.8 Å². The van der Waals surface area contributed by atoms with Gasteiger partial charge in [0.25, 0.3) is 11.8 Å². The minimum absolute atomic E-state index is 0.128. The van der Waals surface area contributed by atoms with E-state index in [1.807, 2.05) is 30.3 Å². The molecule has 5 heteroatoms. The molecule has 1 aliphatic heterocycles. The van der Waals surface area contributed by atoms with Gasteiger partial charge >= 0.3 is 5.97 Å². The molecule has 20 heavy (non-hydrogen) atoms. The number of carbonyl (C=O) groups is 3. The van der Waals surface area contributed by atoms with Crippen molar-refractivity contribution in [1.82, 2.24) is 5.06 Å². The zero-order valence-electron chi connectivity index (χ0n) is 11.0. The van der Waals surface area contributed by atoms with Gasteiger partial charge in [-0.15, -0.1) is 5.06 Å². The average molecular weight is 273 g/mol. The lowest BCUT2D eigenvalue weighted by Gasteiger charge is -2.34. The molecule has 2 amide bonds. The van der Waals surface area contributed by atoms with Gasteiger partial charge in [-0.05, 0) is 24.3 Å². The lowest BCUT2D eigenvalue weighted by molar-refractivity contribution is -0.202. The lowest BCUT2D eigenvalue weighted by Crippen LogP contribution is -2.38. The summed E-state index contributed by atoms with van der Waals surface area (Å²) < 4.78 is 0. The van der Waals surface area contributed by atoms with Crippen LogP contribution in [0.1, 0.15) is 37.2 Å². The predicted octanol–water partition coefficient (Wildman–Crippen LogP) is 1.79. The number of imide groups is 1. The number of carbonyl (C=O) groups excluding carboxylic acids is 3. The quantitative estimate of drug-likeness (QED) is 0.788. The highest BCUT2D eigenvalue weighted by Crippen LogP contribution is 2.42. The molecule has 0 N–H and O–H groups in total. The molecule has 0 atom stereocenters. The Morgan fingerprint density at radius 2 is 1.65 bits per heavy atom. The molecule has 104 valence electrons. The Morgan fingerprint density at radius 1 is 1.05 bits per heavy atom. The van der Waals surface area contributed by atoms with Gasteiger partial charge in [-0.2, -0.15) is 0 Å². The van der Waals surface area contributed by atoms with E-state index >= 15 is 0 Å². The normalized spacial score (nSPS) is 25.5. The molecular formula is C15H15NO4. The first kappa shape index (κ1) is 12.8. The molecule has 3 rings (SSSR count). The third-order valence-corrected chi connectivity index (χ3v) is 3.93. The predicted molar refractivity (Wildman–Crippen MR) is 69.1 cm³/mol. The van der Waals surface area contributed by atoms with Gasteiger partial charge in [0.2, 0.25) is 0 Å². The Bertz CT molecular complexity index is 532. The highest BCUT2D eigenvalue weighted by Gasteiger charge is 2.40. The molecule has 1 aromatic rings. The molecule has 5 nitrogen and oxygen atoms in total. The van der Waals surface area contributed by atoms with Crippen LogP contribution in [0.3, 0.4) is 0 Å². The lowest BCUT2D eigenvalue weighted by atomic mass is 9.71. The summed E-state index contributed by atoms with van der Waals surface area (Å²) in [5.41, 5.74) is 1.21. The van der Waals surface area contributed by atoms with E-state index in [2.05, 4.69) is 0 Å². The summed E-state index contributed by atoms with van der Waals surface area (Å²) in [6.07, 6.45) is 1.67. The first-order valence-corrected chi connectivity index (χ1v) is 6.77. The molecule has 2 aliphatic rings. The van der Waals surface area contributed by atoms with Crippen LogP contribution < -0.4 is 0 Å². The van der Waals surface area contributed by atoms with Gasteiger partial charge in [0.15, 0.2) is 0 Å². The zero-order chi connectivity index (χ0) is 14.1. The second kappa shape index (κ2) is 5.07. The van der Waals surface area contributed by atoms with Crippen LogP contribution in [0.25, 0.3) is 0 Å². The number of nitrogens with zero attached hydrogens (tertiary/aromatic N) is 1. The number of amides is 2. The van der Waals surface area contributed by atoms with Crippen molar-refractivity contribution < 1.29 is 19.2 Å². The maximum absolute atomic E-state index is 11.9. The Balaban J connectivity index is 1.54. The van der Waals surface area contributed by atoms with Crippen LogP contribution in [-0.2, 0) is 19.2 Å². The van der Waals surface area contributed by atoms with Crippen molar-refractivity contribution in [3.05, 3.63) is 35.9 Å². The minimum Gasteiger partial charge on any atom is -0.330 e. The number of hydroxylamine groups is 2. The highest BCUT2D eigenvalue weighted by atomic mass is 16.7. The SMILES string of the molecule is O=C(ON1C(=O)CCC1=O)C1CC(c2ccccc2)C1. The smallest absolute Gasteiger partial charge is 0.330 e. The van der Waals surface area contributed by atoms with Crippen molar-refractivity contribution in [2.75, 3.05) is 0 Å². The third-order valence-electron chi connectivity index (χ3n) is 3.93. The molecule has 0 aromatic heterocycles. The summed E-state index contributed by atoms with van der Waals surface area (Å²) >= 11 is 0. The van der Waals surface area contributed by atoms with Crippen LogP contribution >= 0.6 is 0 Å². The van der Waals surface area contributed by atoms with Gasteiger partial charge in [-0.1, -0.05) is 30.3 Å². The van der Waals surface area contributed by atoms with Crippen molar-refractivity contribution in [2.45, 2.75) is 31.6 Å². The van der Waals surface area contributed by atoms with E-state index in [0.29, 0.717) is 23.8 Å². The van der Waals surface area contributed by atoms with E-state index in [-0.39, 0.29) is 18.8 Å². The molecule has 1 aliphatic carbocycles. The van der Waals surface area contributed by atoms with E-state index in [0.717, 1.165) is 0 Å². The summed E-state index contributed by atoms with van der Waals surface area (Å²) in [5.74, 6) is -1.19. The summed E-state index contributed by atoms with van der Waals surface area (Å²) in [7, 11) is 0. The summed E-state index contributed by atoms with van der Waals surface area (Å²) in [4.78, 5) is 39.5. The Morgan fingerprint density at radius 3 is 2.25 bits per heavy atom. The van der Waals surface area contributed by atoms with E-state index in [1.165, 1.54) is 5.56 Å². The van der Waals surface area contributed by atoms with Crippen molar-refractivity contribution in [3.63, 3.8) is 0 Å². The van der Waals surface area contributed by atoms with Crippen molar-refractivity contribution in [3.8, 4) is 0 Å². The van der Waals surface area contributed by atoms with Crippen LogP contribution in [0.5, 0.6) is 0 Å². The van der Waals surface area contributed by atoms with Crippen LogP contribution in [0.4, 0.5) is 0 Å². The zero-order valence-corrected chi connectivity index (χ0v) is 11.0. The fraction of sp³-hybridized carbons (Fsp3) is 0.400. The number of rotatable bonds is 3. The van der Waals surface area contributed by atoms with Gasteiger partial charge < -0.3 is 4.84 Å². The van der Waals surface area contributed by atoms with Crippen LogP contribution in [0.15, 0.2) is 30.3 Å². The van der Waals surface area contributed by atoms with E-state index < -0.39 is 17.8 Å². The van der Waals surface area contributed by atoms with Crippen LogP contribution in [0.2, 0.25) is 0 Å². The van der Waals surface area contributed by atoms with Gasteiger partial charge in [-0.25, -0.2) is 4.79 Å². The van der Waals surface area contributed by atoms with Crippen molar-refractivity contribution in [2.24, 2.45) is 5.92 Å². The molecule has 1 aromatic carbocycles. The molecule has 1 heterocycles. The van der Waals surface area contributed by atoms with Gasteiger partial charge in [-0.3, -0.25) is 9.59 Å². The number of hydrogen-bond acceptors (Lipinski definition) is 4. The van der Waals surface area contributed by atoms with Gasteiger partial charge in [0.05, 0.1) is 5.92 Å². The van der Waals surface area contributed by atoms with Gasteiger partial charge in [0.1, 0.15) is 0 Å². The molecular weight excluding hydrogens is 258 g/mol. The monoisotopic (exact) mass is 273 g/mol. The van der Waals surface area contributed by atoms with Crippen LogP contribution in [0, 0.1) is 5.92 Å². The Labute approximate surface area is 116 Å². The first-order chi connectivity index (χ1) is 9.65. The minimum atomic E-state index is -0.471. The van der Waals surface area contributed by atoms with Crippen LogP contribution in [-0.4, -0.2) is 22.8 Å². The van der Waals surface area contributed by atoms with Crippen molar-refractivity contribution in [1.29, 1.82) is 0 Å². The molecule has 1 saturated carbocycles. The molecule has 0 unspecified atom stereocenters. The van der Waals surface area contributed by atoms with Crippen molar-refractivity contribution >= 4 is 17.8 Å². The van der Waals surface area contributed by atoms with E-state index in [9.17, 15) is 14.4 Å².